The average molecular weight is 302 g/mol. The Morgan fingerprint density at radius 3 is 2.29 bits per heavy atom. The predicted molar refractivity (Wildman–Crippen MR) is 85.8 cm³/mol. The minimum Gasteiger partial charge on any atom is -0.493 e. The molecule has 0 aliphatic rings. The van der Waals surface area contributed by atoms with Crippen molar-refractivity contribution in [1.82, 2.24) is 0 Å². The molecule has 0 bridgehead atoms. The number of methoxy groups -OCH3 is 2. The topological polar surface area (TPSA) is 35.5 Å². The number of ketones is 1. The minimum absolute atomic E-state index is 0.0709. The maximum Gasteiger partial charge on any atom is 0.173 e. The van der Waals surface area contributed by atoms with Gasteiger partial charge >= 0.3 is 0 Å². The van der Waals surface area contributed by atoms with E-state index in [4.69, 9.17) is 9.47 Å². The van der Waals surface area contributed by atoms with E-state index in [1.807, 2.05) is 31.2 Å². The summed E-state index contributed by atoms with van der Waals surface area (Å²) in [5.74, 6) is 1.67. The molecular weight excluding hydrogens is 284 g/mol. The van der Waals surface area contributed by atoms with Gasteiger partial charge < -0.3 is 9.47 Å². The van der Waals surface area contributed by atoms with E-state index in [1.165, 1.54) is 17.3 Å². The Kier molecular flexibility index (Phi) is 5.28. The summed E-state index contributed by atoms with van der Waals surface area (Å²) in [7, 11) is 3.14. The van der Waals surface area contributed by atoms with E-state index in [1.54, 1.807) is 32.4 Å². The Morgan fingerprint density at radius 1 is 1.00 bits per heavy atom. The van der Waals surface area contributed by atoms with Gasteiger partial charge in [-0.2, -0.15) is 0 Å². The lowest BCUT2D eigenvalue weighted by atomic mass is 10.1. The SMILES string of the molecule is COc1ccc(C(=O)CSc2ccc(C)cc2)cc1OC. The van der Waals surface area contributed by atoms with Gasteiger partial charge in [-0.25, -0.2) is 0 Å². The first-order valence-corrected chi connectivity index (χ1v) is 7.57. The number of benzene rings is 2. The highest BCUT2D eigenvalue weighted by atomic mass is 32.2. The second kappa shape index (κ2) is 7.18. The number of rotatable bonds is 6. The molecule has 0 unspecified atom stereocenters. The Hall–Kier alpha value is -1.94. The van der Waals surface area contributed by atoms with Gasteiger partial charge in [0.2, 0.25) is 0 Å². The quantitative estimate of drug-likeness (QED) is 0.597. The molecule has 2 aromatic carbocycles. The molecular formula is C17H18O3S. The average Bonchev–Trinajstić information content (AvgIpc) is 2.53. The zero-order valence-electron chi connectivity index (χ0n) is 12.4. The van der Waals surface area contributed by atoms with Crippen LogP contribution in [-0.4, -0.2) is 25.8 Å². The monoisotopic (exact) mass is 302 g/mol. The van der Waals surface area contributed by atoms with Crippen molar-refractivity contribution in [2.24, 2.45) is 0 Å². The van der Waals surface area contributed by atoms with Crippen LogP contribution in [0.2, 0.25) is 0 Å². The molecule has 0 amide bonds. The fraction of sp³-hybridized carbons (Fsp3) is 0.235. The third-order valence-corrected chi connectivity index (χ3v) is 4.11. The lowest BCUT2D eigenvalue weighted by Crippen LogP contribution is -2.03. The smallest absolute Gasteiger partial charge is 0.173 e. The van der Waals surface area contributed by atoms with Gasteiger partial charge in [-0.1, -0.05) is 17.7 Å². The van der Waals surface area contributed by atoms with Gasteiger partial charge in [0.05, 0.1) is 20.0 Å². The maximum absolute atomic E-state index is 12.2. The summed E-state index contributed by atoms with van der Waals surface area (Å²) in [6, 6.07) is 13.4. The van der Waals surface area contributed by atoms with Gasteiger partial charge in [-0.3, -0.25) is 4.79 Å². The third kappa shape index (κ3) is 4.02. The van der Waals surface area contributed by atoms with Gasteiger partial charge in [0.1, 0.15) is 0 Å². The van der Waals surface area contributed by atoms with Crippen LogP contribution in [0.25, 0.3) is 0 Å². The molecule has 4 heteroatoms. The van der Waals surface area contributed by atoms with Crippen LogP contribution in [-0.2, 0) is 0 Å². The Labute approximate surface area is 129 Å². The predicted octanol–water partition coefficient (Wildman–Crippen LogP) is 3.99. The highest BCUT2D eigenvalue weighted by Crippen LogP contribution is 2.28. The van der Waals surface area contributed by atoms with E-state index < -0.39 is 0 Å². The molecule has 2 aromatic rings. The van der Waals surface area contributed by atoms with Crippen molar-refractivity contribution in [3.63, 3.8) is 0 Å². The van der Waals surface area contributed by atoms with Crippen molar-refractivity contribution in [3.05, 3.63) is 53.6 Å². The summed E-state index contributed by atoms with van der Waals surface area (Å²) < 4.78 is 10.4. The van der Waals surface area contributed by atoms with E-state index in [0.717, 1.165) is 4.90 Å². The van der Waals surface area contributed by atoms with Crippen LogP contribution in [0.5, 0.6) is 11.5 Å². The maximum atomic E-state index is 12.2. The number of carbonyl (C=O) groups is 1. The van der Waals surface area contributed by atoms with Crippen LogP contribution >= 0.6 is 11.8 Å². The molecule has 0 atom stereocenters. The molecule has 0 aromatic heterocycles. The highest BCUT2D eigenvalue weighted by Gasteiger charge is 2.11. The molecule has 2 rings (SSSR count). The molecule has 0 heterocycles. The van der Waals surface area contributed by atoms with E-state index >= 15 is 0 Å². The van der Waals surface area contributed by atoms with E-state index in [9.17, 15) is 4.79 Å². The molecule has 0 saturated carbocycles. The zero-order valence-corrected chi connectivity index (χ0v) is 13.2. The Balaban J connectivity index is 2.04. The van der Waals surface area contributed by atoms with E-state index in [-0.39, 0.29) is 5.78 Å². The van der Waals surface area contributed by atoms with Crippen molar-refractivity contribution in [2.75, 3.05) is 20.0 Å². The van der Waals surface area contributed by atoms with E-state index in [2.05, 4.69) is 0 Å². The van der Waals surface area contributed by atoms with Gasteiger partial charge in [0.25, 0.3) is 0 Å². The number of hydrogen-bond acceptors (Lipinski definition) is 4. The lowest BCUT2D eigenvalue weighted by molar-refractivity contribution is 0.102. The van der Waals surface area contributed by atoms with Gasteiger partial charge in [0.15, 0.2) is 17.3 Å². The number of ether oxygens (including phenoxy) is 2. The first-order valence-electron chi connectivity index (χ1n) is 6.58. The fourth-order valence-electron chi connectivity index (χ4n) is 1.88. The summed E-state index contributed by atoms with van der Waals surface area (Å²) in [5, 5.41) is 0. The normalized spacial score (nSPS) is 10.2. The van der Waals surface area contributed by atoms with Crippen LogP contribution in [0.3, 0.4) is 0 Å². The van der Waals surface area contributed by atoms with Crippen molar-refractivity contribution in [3.8, 4) is 11.5 Å². The second-order valence-electron chi connectivity index (χ2n) is 4.59. The second-order valence-corrected chi connectivity index (χ2v) is 5.64. The molecule has 0 fully saturated rings. The van der Waals surface area contributed by atoms with Crippen LogP contribution < -0.4 is 9.47 Å². The summed E-state index contributed by atoms with van der Waals surface area (Å²) in [6.45, 7) is 2.04. The molecule has 110 valence electrons. The molecule has 0 aliphatic heterocycles. The van der Waals surface area contributed by atoms with Crippen molar-refractivity contribution >= 4 is 17.5 Å². The lowest BCUT2D eigenvalue weighted by Gasteiger charge is -2.09. The number of carbonyl (C=O) groups excluding carboxylic acids is 1. The molecule has 0 saturated heterocycles. The van der Waals surface area contributed by atoms with Gasteiger partial charge in [0, 0.05) is 10.5 Å². The number of hydrogen-bond donors (Lipinski definition) is 0. The summed E-state index contributed by atoms with van der Waals surface area (Å²) in [5.41, 5.74) is 1.85. The standard InChI is InChI=1S/C17H18O3S/c1-12-4-7-14(8-5-12)21-11-15(18)13-6-9-16(19-2)17(10-13)20-3/h4-10H,11H2,1-3H3. The third-order valence-electron chi connectivity index (χ3n) is 3.10. The molecule has 0 N–H and O–H groups in total. The van der Waals surface area contributed by atoms with Crippen LogP contribution in [0.1, 0.15) is 15.9 Å². The molecule has 0 radical (unpaired) electrons. The first-order chi connectivity index (χ1) is 10.1. The molecule has 3 nitrogen and oxygen atoms in total. The summed E-state index contributed by atoms with van der Waals surface area (Å²) >= 11 is 1.53. The first kappa shape index (κ1) is 15.4. The van der Waals surface area contributed by atoms with E-state index in [0.29, 0.717) is 22.8 Å². The van der Waals surface area contributed by atoms with Crippen LogP contribution in [0, 0.1) is 6.92 Å². The number of thioether (sulfide) groups is 1. The largest absolute Gasteiger partial charge is 0.493 e. The van der Waals surface area contributed by atoms with Gasteiger partial charge in [-0.15, -0.1) is 11.8 Å². The molecule has 0 spiro atoms. The van der Waals surface area contributed by atoms with Crippen molar-refractivity contribution in [1.29, 1.82) is 0 Å². The van der Waals surface area contributed by atoms with Crippen molar-refractivity contribution in [2.45, 2.75) is 11.8 Å². The summed E-state index contributed by atoms with van der Waals surface area (Å²) in [6.07, 6.45) is 0. The molecule has 21 heavy (non-hydrogen) atoms. The summed E-state index contributed by atoms with van der Waals surface area (Å²) in [4.78, 5) is 13.3. The Morgan fingerprint density at radius 2 is 1.67 bits per heavy atom. The number of aryl methyl sites for hydroxylation is 1. The van der Waals surface area contributed by atoms with Crippen molar-refractivity contribution < 1.29 is 14.3 Å². The fourth-order valence-corrected chi connectivity index (χ4v) is 2.67. The molecule has 0 aliphatic carbocycles. The highest BCUT2D eigenvalue weighted by molar-refractivity contribution is 8.00. The van der Waals surface area contributed by atoms with Crippen LogP contribution in [0.4, 0.5) is 0 Å². The number of Topliss-reactive ketones (excluding diaryl/α,β-unsaturated/α-hetero) is 1. The van der Waals surface area contributed by atoms with Gasteiger partial charge in [-0.05, 0) is 37.3 Å². The minimum atomic E-state index is 0.0709. The van der Waals surface area contributed by atoms with Crippen LogP contribution in [0.15, 0.2) is 47.4 Å². The zero-order chi connectivity index (χ0) is 15.2. The Bertz CT molecular complexity index is 620.